The van der Waals surface area contributed by atoms with Crippen molar-refractivity contribution in [2.75, 3.05) is 5.32 Å². The van der Waals surface area contributed by atoms with Crippen molar-refractivity contribution in [2.45, 2.75) is 26.9 Å². The first-order chi connectivity index (χ1) is 10.9. The van der Waals surface area contributed by atoms with Gasteiger partial charge >= 0.3 is 0 Å². The van der Waals surface area contributed by atoms with Crippen LogP contribution >= 0.6 is 0 Å². The predicted octanol–water partition coefficient (Wildman–Crippen LogP) is 2.81. The molecule has 5 heteroatoms. The predicted molar refractivity (Wildman–Crippen MR) is 89.6 cm³/mol. The van der Waals surface area contributed by atoms with Crippen molar-refractivity contribution in [1.29, 1.82) is 0 Å². The quantitative estimate of drug-likeness (QED) is 0.890. The number of hydrogen-bond donors (Lipinski definition) is 2. The highest BCUT2D eigenvalue weighted by atomic mass is 16.5. The second-order valence-electron chi connectivity index (χ2n) is 5.40. The second-order valence-corrected chi connectivity index (χ2v) is 5.40. The number of ether oxygens (including phenoxy) is 1. The van der Waals surface area contributed by atoms with Gasteiger partial charge in [0.25, 0.3) is 5.91 Å². The van der Waals surface area contributed by atoms with E-state index in [1.807, 2.05) is 32.0 Å². The van der Waals surface area contributed by atoms with Gasteiger partial charge in [0.05, 0.1) is 0 Å². The normalized spacial score (nSPS) is 11.6. The van der Waals surface area contributed by atoms with E-state index in [1.165, 1.54) is 0 Å². The fraction of sp³-hybridized carbons (Fsp3) is 0.222. The molecule has 0 aliphatic rings. The minimum absolute atomic E-state index is 0.235. The molecule has 0 saturated heterocycles. The first-order valence-electron chi connectivity index (χ1n) is 7.32. The summed E-state index contributed by atoms with van der Waals surface area (Å²) >= 11 is 0. The molecular formula is C18H20N2O3. The maximum atomic E-state index is 12.3. The van der Waals surface area contributed by atoms with Crippen LogP contribution in [-0.2, 0) is 4.79 Å². The van der Waals surface area contributed by atoms with Crippen molar-refractivity contribution in [3.8, 4) is 5.75 Å². The van der Waals surface area contributed by atoms with Crippen LogP contribution in [0.3, 0.4) is 0 Å². The van der Waals surface area contributed by atoms with E-state index in [9.17, 15) is 9.59 Å². The van der Waals surface area contributed by atoms with Crippen LogP contribution in [0.5, 0.6) is 5.75 Å². The van der Waals surface area contributed by atoms with Gasteiger partial charge in [-0.3, -0.25) is 9.59 Å². The Labute approximate surface area is 135 Å². The number of benzene rings is 2. The van der Waals surface area contributed by atoms with Crippen LogP contribution < -0.4 is 15.8 Å². The molecule has 0 saturated carbocycles. The zero-order valence-electron chi connectivity index (χ0n) is 13.4. The monoisotopic (exact) mass is 312 g/mol. The topological polar surface area (TPSA) is 81.4 Å². The van der Waals surface area contributed by atoms with Gasteiger partial charge in [0.15, 0.2) is 6.10 Å². The highest BCUT2D eigenvalue weighted by molar-refractivity contribution is 5.95. The minimum Gasteiger partial charge on any atom is -0.481 e. The summed E-state index contributed by atoms with van der Waals surface area (Å²) in [4.78, 5) is 23.3. The number of nitrogens with two attached hydrogens (primary N) is 1. The molecule has 1 atom stereocenters. The van der Waals surface area contributed by atoms with E-state index >= 15 is 0 Å². The van der Waals surface area contributed by atoms with Gasteiger partial charge < -0.3 is 15.8 Å². The first kappa shape index (κ1) is 16.5. The van der Waals surface area contributed by atoms with Crippen molar-refractivity contribution in [2.24, 2.45) is 5.73 Å². The zero-order chi connectivity index (χ0) is 17.0. The summed E-state index contributed by atoms with van der Waals surface area (Å²) in [5, 5.41) is 2.89. The molecule has 1 unspecified atom stereocenters. The Kier molecular flexibility index (Phi) is 5.01. The smallest absolute Gasteiger partial charge is 0.265 e. The van der Waals surface area contributed by atoms with Crippen LogP contribution in [0.2, 0.25) is 0 Å². The average molecular weight is 312 g/mol. The first-order valence-corrected chi connectivity index (χ1v) is 7.32. The van der Waals surface area contributed by atoms with Gasteiger partial charge in [-0.25, -0.2) is 0 Å². The number of para-hydroxylation sites is 1. The van der Waals surface area contributed by atoms with Crippen LogP contribution in [0.1, 0.15) is 28.4 Å². The summed E-state index contributed by atoms with van der Waals surface area (Å²) in [6.07, 6.45) is -0.673. The molecule has 0 aliphatic carbocycles. The molecule has 0 fully saturated rings. The van der Waals surface area contributed by atoms with Crippen LogP contribution in [0.25, 0.3) is 0 Å². The van der Waals surface area contributed by atoms with E-state index in [4.69, 9.17) is 10.5 Å². The molecule has 0 spiro atoms. The molecule has 0 aliphatic heterocycles. The van der Waals surface area contributed by atoms with Crippen LogP contribution in [-0.4, -0.2) is 17.9 Å². The van der Waals surface area contributed by atoms with Crippen molar-refractivity contribution >= 4 is 17.5 Å². The largest absolute Gasteiger partial charge is 0.481 e. The van der Waals surface area contributed by atoms with E-state index in [2.05, 4.69) is 5.32 Å². The molecule has 2 rings (SSSR count). The summed E-state index contributed by atoms with van der Waals surface area (Å²) in [5.74, 6) is -0.238. The summed E-state index contributed by atoms with van der Waals surface area (Å²) in [5.41, 5.74) is 8.37. The Bertz CT molecular complexity index is 703. The molecule has 120 valence electrons. The van der Waals surface area contributed by atoms with Crippen molar-refractivity contribution in [3.05, 3.63) is 59.2 Å². The van der Waals surface area contributed by atoms with E-state index in [0.717, 1.165) is 16.8 Å². The Hall–Kier alpha value is -2.82. The van der Waals surface area contributed by atoms with Gasteiger partial charge in [-0.2, -0.15) is 0 Å². The molecule has 0 radical (unpaired) electrons. The summed E-state index contributed by atoms with van der Waals surface area (Å²) in [6.45, 7) is 5.55. The number of carbonyl (C=O) groups is 2. The SMILES string of the molecule is Cc1cccc(C)c1NC(=O)C(C)Oc1ccc(C(N)=O)cc1. The third-order valence-corrected chi connectivity index (χ3v) is 3.55. The molecule has 0 bridgehead atoms. The van der Waals surface area contributed by atoms with Gasteiger partial charge in [0.1, 0.15) is 5.75 Å². The van der Waals surface area contributed by atoms with Crippen molar-refractivity contribution in [1.82, 2.24) is 0 Å². The molecule has 0 heterocycles. The second kappa shape index (κ2) is 6.96. The van der Waals surface area contributed by atoms with Gasteiger partial charge in [0, 0.05) is 11.3 Å². The van der Waals surface area contributed by atoms with Crippen molar-refractivity contribution in [3.63, 3.8) is 0 Å². The van der Waals surface area contributed by atoms with Gasteiger partial charge in [-0.15, -0.1) is 0 Å². The fourth-order valence-corrected chi connectivity index (χ4v) is 2.19. The molecule has 2 amide bonds. The summed E-state index contributed by atoms with van der Waals surface area (Å²) in [6, 6.07) is 12.2. The molecule has 2 aromatic carbocycles. The Morgan fingerprint density at radius 1 is 1.04 bits per heavy atom. The molecule has 23 heavy (non-hydrogen) atoms. The highest BCUT2D eigenvalue weighted by Gasteiger charge is 2.16. The average Bonchev–Trinajstić information content (AvgIpc) is 2.51. The Morgan fingerprint density at radius 3 is 2.13 bits per heavy atom. The number of hydrogen-bond acceptors (Lipinski definition) is 3. The zero-order valence-corrected chi connectivity index (χ0v) is 13.4. The van der Waals surface area contributed by atoms with E-state index < -0.39 is 12.0 Å². The van der Waals surface area contributed by atoms with Crippen LogP contribution in [0, 0.1) is 13.8 Å². The number of nitrogens with one attached hydrogen (secondary N) is 1. The lowest BCUT2D eigenvalue weighted by Crippen LogP contribution is -2.30. The van der Waals surface area contributed by atoms with Crippen molar-refractivity contribution < 1.29 is 14.3 Å². The van der Waals surface area contributed by atoms with Crippen LogP contribution in [0.15, 0.2) is 42.5 Å². The van der Waals surface area contributed by atoms with Gasteiger partial charge in [-0.1, -0.05) is 18.2 Å². The van der Waals surface area contributed by atoms with E-state index in [0.29, 0.717) is 11.3 Å². The summed E-state index contributed by atoms with van der Waals surface area (Å²) < 4.78 is 5.60. The number of primary amides is 1. The molecular weight excluding hydrogens is 292 g/mol. The molecule has 0 aromatic heterocycles. The van der Waals surface area contributed by atoms with Gasteiger partial charge in [0.2, 0.25) is 5.91 Å². The standard InChI is InChI=1S/C18H20N2O3/c1-11-5-4-6-12(2)16(11)20-18(22)13(3)23-15-9-7-14(8-10-15)17(19)21/h4-10,13H,1-3H3,(H2,19,21)(H,20,22). The minimum atomic E-state index is -0.673. The third kappa shape index (κ3) is 4.10. The highest BCUT2D eigenvalue weighted by Crippen LogP contribution is 2.20. The lowest BCUT2D eigenvalue weighted by atomic mass is 10.1. The molecule has 3 N–H and O–H groups in total. The number of anilines is 1. The molecule has 5 nitrogen and oxygen atoms in total. The van der Waals surface area contributed by atoms with Gasteiger partial charge in [-0.05, 0) is 56.2 Å². The fourth-order valence-electron chi connectivity index (χ4n) is 2.19. The lowest BCUT2D eigenvalue weighted by molar-refractivity contribution is -0.122. The van der Waals surface area contributed by atoms with Crippen LogP contribution in [0.4, 0.5) is 5.69 Å². The Morgan fingerprint density at radius 2 is 1.61 bits per heavy atom. The lowest BCUT2D eigenvalue weighted by Gasteiger charge is -2.17. The van der Waals surface area contributed by atoms with E-state index in [-0.39, 0.29) is 5.91 Å². The molecule has 2 aromatic rings. The maximum Gasteiger partial charge on any atom is 0.265 e. The van der Waals surface area contributed by atoms with E-state index in [1.54, 1.807) is 31.2 Å². The maximum absolute atomic E-state index is 12.3. The summed E-state index contributed by atoms with van der Waals surface area (Å²) in [7, 11) is 0. The number of carbonyl (C=O) groups excluding carboxylic acids is 2. The number of aryl methyl sites for hydroxylation is 2. The number of amides is 2. The number of rotatable bonds is 5. The third-order valence-electron chi connectivity index (χ3n) is 3.55. The Balaban J connectivity index is 2.04.